The van der Waals surface area contributed by atoms with E-state index in [1.807, 2.05) is 0 Å². The molecular formula is C17H31N3O. The number of amides is 1. The zero-order valence-electron chi connectivity index (χ0n) is 13.9. The Morgan fingerprint density at radius 2 is 1.67 bits per heavy atom. The zero-order valence-corrected chi connectivity index (χ0v) is 13.9. The van der Waals surface area contributed by atoms with E-state index in [2.05, 4.69) is 35.8 Å². The molecule has 0 aromatic carbocycles. The Balaban J connectivity index is 1.61. The second kappa shape index (κ2) is 6.25. The van der Waals surface area contributed by atoms with Crippen molar-refractivity contribution >= 4 is 5.91 Å². The zero-order chi connectivity index (χ0) is 15.0. The summed E-state index contributed by atoms with van der Waals surface area (Å²) in [5, 5.41) is 0. The van der Waals surface area contributed by atoms with Crippen molar-refractivity contribution in [3.8, 4) is 0 Å². The summed E-state index contributed by atoms with van der Waals surface area (Å²) in [6, 6.07) is 0.477. The van der Waals surface area contributed by atoms with Gasteiger partial charge >= 0.3 is 0 Å². The molecule has 3 aliphatic rings. The van der Waals surface area contributed by atoms with E-state index < -0.39 is 0 Å². The quantitative estimate of drug-likeness (QED) is 0.769. The molecular weight excluding hydrogens is 262 g/mol. The van der Waals surface area contributed by atoms with Gasteiger partial charge in [0.1, 0.15) is 0 Å². The first-order valence-electron chi connectivity index (χ1n) is 8.68. The van der Waals surface area contributed by atoms with Crippen LogP contribution in [0.3, 0.4) is 0 Å². The highest BCUT2D eigenvalue weighted by atomic mass is 16.2. The van der Waals surface area contributed by atoms with Gasteiger partial charge in [0.2, 0.25) is 5.91 Å². The molecule has 21 heavy (non-hydrogen) atoms. The van der Waals surface area contributed by atoms with Crippen LogP contribution in [0.15, 0.2) is 0 Å². The van der Waals surface area contributed by atoms with Crippen LogP contribution >= 0.6 is 0 Å². The molecule has 4 heteroatoms. The number of carbonyl (C=O) groups is 1. The maximum absolute atomic E-state index is 13.0. The molecule has 0 aromatic heterocycles. The van der Waals surface area contributed by atoms with E-state index in [1.165, 1.54) is 19.3 Å². The number of carbonyl (C=O) groups excluding carboxylic acids is 1. The molecule has 3 fully saturated rings. The van der Waals surface area contributed by atoms with E-state index >= 15 is 0 Å². The van der Waals surface area contributed by atoms with Crippen LogP contribution in [0.4, 0.5) is 0 Å². The maximum Gasteiger partial charge on any atom is 0.225 e. The smallest absolute Gasteiger partial charge is 0.225 e. The molecule has 0 spiro atoms. The lowest BCUT2D eigenvalue weighted by Gasteiger charge is -2.39. The number of nitrogens with zero attached hydrogens (tertiary/aromatic N) is 3. The highest BCUT2D eigenvalue weighted by molar-refractivity contribution is 5.79. The van der Waals surface area contributed by atoms with Crippen molar-refractivity contribution in [1.29, 1.82) is 0 Å². The normalized spacial score (nSPS) is 33.2. The molecule has 2 aliphatic carbocycles. The van der Waals surface area contributed by atoms with Crippen LogP contribution in [0.25, 0.3) is 0 Å². The molecule has 0 aromatic rings. The fourth-order valence-electron chi connectivity index (χ4n) is 4.24. The number of rotatable bonds is 5. The minimum Gasteiger partial charge on any atom is -0.338 e. The van der Waals surface area contributed by atoms with Crippen molar-refractivity contribution in [2.45, 2.75) is 38.1 Å². The predicted octanol–water partition coefficient (Wildman–Crippen LogP) is 1.52. The lowest BCUT2D eigenvalue weighted by atomic mass is 9.97. The van der Waals surface area contributed by atoms with Gasteiger partial charge in [-0.3, -0.25) is 4.79 Å². The summed E-state index contributed by atoms with van der Waals surface area (Å²) in [5.41, 5.74) is 0. The second-order valence-electron chi connectivity index (χ2n) is 7.79. The van der Waals surface area contributed by atoms with Crippen LogP contribution in [-0.4, -0.2) is 74.0 Å². The number of likely N-dealkylation sites (N-methyl/N-ethyl adjacent to an activating group) is 1. The highest BCUT2D eigenvalue weighted by Crippen LogP contribution is 2.54. The topological polar surface area (TPSA) is 26.8 Å². The van der Waals surface area contributed by atoms with Gasteiger partial charge in [0, 0.05) is 25.0 Å². The number of likely N-dealkylation sites (tertiary alicyclic amines) is 1. The number of piperidine rings is 1. The van der Waals surface area contributed by atoms with E-state index in [-0.39, 0.29) is 0 Å². The first-order chi connectivity index (χ1) is 10.0. The van der Waals surface area contributed by atoms with E-state index in [0.29, 0.717) is 17.9 Å². The van der Waals surface area contributed by atoms with Crippen molar-refractivity contribution in [3.05, 3.63) is 0 Å². The Hall–Kier alpha value is -0.610. The fourth-order valence-corrected chi connectivity index (χ4v) is 4.24. The first-order valence-corrected chi connectivity index (χ1v) is 8.68. The van der Waals surface area contributed by atoms with Gasteiger partial charge in [0.05, 0.1) is 0 Å². The van der Waals surface area contributed by atoms with E-state index in [9.17, 15) is 4.79 Å². The molecule has 1 heterocycles. The van der Waals surface area contributed by atoms with E-state index in [4.69, 9.17) is 0 Å². The van der Waals surface area contributed by atoms with Gasteiger partial charge in [-0.2, -0.15) is 0 Å². The summed E-state index contributed by atoms with van der Waals surface area (Å²) in [6.07, 6.45) is 6.05. The number of fused-ring (bicyclic) bond motifs is 1. The molecule has 4 nitrogen and oxygen atoms in total. The highest BCUT2D eigenvalue weighted by Gasteiger charge is 2.49. The SMILES string of the molecule is CN(C)CCN(C(=O)C1CC2CC2C1)C1CCN(C)CC1. The van der Waals surface area contributed by atoms with Crippen LogP contribution < -0.4 is 0 Å². The van der Waals surface area contributed by atoms with Crippen LogP contribution in [0.5, 0.6) is 0 Å². The van der Waals surface area contributed by atoms with Gasteiger partial charge in [-0.05, 0) is 78.2 Å². The van der Waals surface area contributed by atoms with Gasteiger partial charge in [0.25, 0.3) is 0 Å². The molecule has 3 rings (SSSR count). The molecule has 2 saturated carbocycles. The summed E-state index contributed by atoms with van der Waals surface area (Å²) in [5.74, 6) is 2.61. The fraction of sp³-hybridized carbons (Fsp3) is 0.941. The Morgan fingerprint density at radius 1 is 1.05 bits per heavy atom. The molecule has 120 valence electrons. The van der Waals surface area contributed by atoms with Crippen LogP contribution in [-0.2, 0) is 4.79 Å². The van der Waals surface area contributed by atoms with Gasteiger partial charge in [-0.1, -0.05) is 0 Å². The molecule has 0 bridgehead atoms. The summed E-state index contributed by atoms with van der Waals surface area (Å²) in [7, 11) is 6.39. The molecule has 0 radical (unpaired) electrons. The van der Waals surface area contributed by atoms with Crippen molar-refractivity contribution in [2.75, 3.05) is 47.3 Å². The predicted molar refractivity (Wildman–Crippen MR) is 85.1 cm³/mol. The minimum atomic E-state index is 0.343. The van der Waals surface area contributed by atoms with Crippen LogP contribution in [0.1, 0.15) is 32.1 Å². The number of hydrogen-bond acceptors (Lipinski definition) is 3. The van der Waals surface area contributed by atoms with Gasteiger partial charge in [-0.15, -0.1) is 0 Å². The maximum atomic E-state index is 13.0. The van der Waals surface area contributed by atoms with Gasteiger partial charge in [0.15, 0.2) is 0 Å². The van der Waals surface area contributed by atoms with Gasteiger partial charge in [-0.25, -0.2) is 0 Å². The monoisotopic (exact) mass is 293 g/mol. The summed E-state index contributed by atoms with van der Waals surface area (Å²) >= 11 is 0. The van der Waals surface area contributed by atoms with Crippen molar-refractivity contribution < 1.29 is 4.79 Å². The molecule has 2 atom stereocenters. The number of hydrogen-bond donors (Lipinski definition) is 0. The third-order valence-corrected chi connectivity index (χ3v) is 5.79. The van der Waals surface area contributed by atoms with Gasteiger partial charge < -0.3 is 14.7 Å². The van der Waals surface area contributed by atoms with Crippen molar-refractivity contribution in [2.24, 2.45) is 17.8 Å². The van der Waals surface area contributed by atoms with Crippen molar-refractivity contribution in [3.63, 3.8) is 0 Å². The lowest BCUT2D eigenvalue weighted by molar-refractivity contribution is -0.139. The summed E-state index contributed by atoms with van der Waals surface area (Å²) in [6.45, 7) is 4.16. The lowest BCUT2D eigenvalue weighted by Crippen LogP contribution is -2.50. The standard InChI is InChI=1S/C17H31N3O/c1-18(2)8-9-20(16-4-6-19(3)7-5-16)17(21)15-11-13-10-14(13)12-15/h13-16H,4-12H2,1-3H3. The first kappa shape index (κ1) is 15.3. The molecule has 1 aliphatic heterocycles. The molecule has 1 amide bonds. The summed E-state index contributed by atoms with van der Waals surface area (Å²) in [4.78, 5) is 19.8. The Kier molecular flexibility index (Phi) is 4.55. The Bertz CT molecular complexity index is 366. The average molecular weight is 293 g/mol. The van der Waals surface area contributed by atoms with Crippen LogP contribution in [0.2, 0.25) is 0 Å². The molecule has 2 unspecified atom stereocenters. The van der Waals surface area contributed by atoms with E-state index in [1.54, 1.807) is 0 Å². The minimum absolute atomic E-state index is 0.343. The summed E-state index contributed by atoms with van der Waals surface area (Å²) < 4.78 is 0. The largest absolute Gasteiger partial charge is 0.338 e. The van der Waals surface area contributed by atoms with Crippen LogP contribution in [0, 0.1) is 17.8 Å². The molecule has 1 saturated heterocycles. The Labute approximate surface area is 129 Å². The third-order valence-electron chi connectivity index (χ3n) is 5.79. The van der Waals surface area contributed by atoms with Crippen molar-refractivity contribution in [1.82, 2.24) is 14.7 Å². The Morgan fingerprint density at radius 3 is 2.24 bits per heavy atom. The third kappa shape index (κ3) is 3.59. The average Bonchev–Trinajstić information content (AvgIpc) is 3.06. The van der Waals surface area contributed by atoms with E-state index in [0.717, 1.165) is 50.9 Å². The second-order valence-corrected chi connectivity index (χ2v) is 7.79. The molecule has 0 N–H and O–H groups in total.